The maximum Gasteiger partial charge on any atom is 0.332 e. The number of esters is 1. The van der Waals surface area contributed by atoms with Crippen molar-refractivity contribution in [2.75, 3.05) is 26.3 Å². The topological polar surface area (TPSA) is 96.7 Å². The molecule has 1 aromatic carbocycles. The Morgan fingerprint density at radius 3 is 2.41 bits per heavy atom. The van der Waals surface area contributed by atoms with E-state index < -0.39 is 0 Å². The number of nitriles is 1. The third-order valence-electron chi connectivity index (χ3n) is 4.44. The van der Waals surface area contributed by atoms with Gasteiger partial charge in [-0.2, -0.15) is 5.26 Å². The summed E-state index contributed by atoms with van der Waals surface area (Å²) >= 11 is 0. The first-order valence-corrected chi connectivity index (χ1v) is 9.11. The third-order valence-corrected chi connectivity index (χ3v) is 4.44. The fourth-order valence-corrected chi connectivity index (χ4v) is 2.91. The van der Waals surface area contributed by atoms with Gasteiger partial charge in [-0.3, -0.25) is 9.59 Å². The van der Waals surface area contributed by atoms with Crippen LogP contribution in [0.25, 0.3) is 0 Å². The van der Waals surface area contributed by atoms with Crippen molar-refractivity contribution in [2.24, 2.45) is 0 Å². The van der Waals surface area contributed by atoms with E-state index in [1.54, 1.807) is 36.1 Å². The molecule has 1 fully saturated rings. The zero-order valence-electron chi connectivity index (χ0n) is 15.5. The molecule has 1 amide bonds. The van der Waals surface area contributed by atoms with Crippen LogP contribution in [-0.2, 0) is 19.1 Å². The van der Waals surface area contributed by atoms with Crippen LogP contribution < -0.4 is 0 Å². The highest BCUT2D eigenvalue weighted by Crippen LogP contribution is 2.16. The van der Waals surface area contributed by atoms with Gasteiger partial charge in [0.25, 0.3) is 0 Å². The molecule has 1 saturated heterocycles. The summed E-state index contributed by atoms with van der Waals surface area (Å²) in [6.45, 7) is 3.12. The molecule has 0 N–H and O–H groups in total. The minimum absolute atomic E-state index is 0.0548. The summed E-state index contributed by atoms with van der Waals surface area (Å²) in [4.78, 5) is 37.5. The van der Waals surface area contributed by atoms with Crippen LogP contribution in [0.2, 0.25) is 0 Å². The lowest BCUT2D eigenvalue weighted by Gasteiger charge is -2.31. The van der Waals surface area contributed by atoms with Crippen molar-refractivity contribution >= 4 is 17.7 Å². The molecule has 1 aliphatic heterocycles. The molecule has 0 aliphatic carbocycles. The Labute approximate surface area is 158 Å². The van der Waals surface area contributed by atoms with E-state index in [0.29, 0.717) is 43.7 Å². The number of hydrogen-bond donors (Lipinski definition) is 0. The van der Waals surface area contributed by atoms with Crippen molar-refractivity contribution in [3.8, 4) is 6.07 Å². The summed E-state index contributed by atoms with van der Waals surface area (Å²) < 4.78 is 10.3. The fraction of sp³-hybridized carbons (Fsp3) is 0.500. The van der Waals surface area contributed by atoms with Gasteiger partial charge >= 0.3 is 5.97 Å². The van der Waals surface area contributed by atoms with Gasteiger partial charge in [0.15, 0.2) is 5.78 Å². The lowest BCUT2D eigenvalue weighted by molar-refractivity contribution is -0.152. The molecule has 1 aromatic rings. The number of piperidine rings is 1. The van der Waals surface area contributed by atoms with Crippen molar-refractivity contribution < 1.29 is 23.9 Å². The van der Waals surface area contributed by atoms with E-state index >= 15 is 0 Å². The number of Topliss-reactive ketones (excluding diaryl/α,β-unsaturated/α-hetero) is 1. The molecule has 1 aliphatic rings. The van der Waals surface area contributed by atoms with Gasteiger partial charge in [-0.15, -0.1) is 0 Å². The van der Waals surface area contributed by atoms with E-state index in [0.717, 1.165) is 0 Å². The van der Waals surface area contributed by atoms with Crippen LogP contribution in [0.3, 0.4) is 0 Å². The summed E-state index contributed by atoms with van der Waals surface area (Å²) in [6, 6.07) is 8.41. The van der Waals surface area contributed by atoms with E-state index in [1.807, 2.05) is 6.07 Å². The van der Waals surface area contributed by atoms with Crippen LogP contribution in [0.4, 0.5) is 0 Å². The van der Waals surface area contributed by atoms with Gasteiger partial charge in [-0.1, -0.05) is 12.1 Å². The van der Waals surface area contributed by atoms with Crippen LogP contribution in [-0.4, -0.2) is 55.0 Å². The van der Waals surface area contributed by atoms with Gasteiger partial charge < -0.3 is 14.4 Å². The van der Waals surface area contributed by atoms with E-state index in [-0.39, 0.29) is 43.2 Å². The predicted molar refractivity (Wildman–Crippen MR) is 96.9 cm³/mol. The first-order valence-electron chi connectivity index (χ1n) is 9.11. The van der Waals surface area contributed by atoms with Crippen LogP contribution in [0.1, 0.15) is 48.5 Å². The van der Waals surface area contributed by atoms with Crippen LogP contribution in [0.15, 0.2) is 24.3 Å². The minimum Gasteiger partial charge on any atom is -0.464 e. The van der Waals surface area contributed by atoms with Crippen molar-refractivity contribution in [3.05, 3.63) is 35.4 Å². The van der Waals surface area contributed by atoms with Gasteiger partial charge in [0, 0.05) is 31.5 Å². The monoisotopic (exact) mass is 372 g/mol. The van der Waals surface area contributed by atoms with E-state index in [2.05, 4.69) is 0 Å². The zero-order valence-corrected chi connectivity index (χ0v) is 15.5. The maximum atomic E-state index is 12.3. The highest BCUT2D eigenvalue weighted by atomic mass is 16.6. The molecular formula is C20H24N2O5. The Balaban J connectivity index is 1.70. The molecule has 0 saturated carbocycles. The van der Waals surface area contributed by atoms with Crippen LogP contribution in [0.5, 0.6) is 0 Å². The third kappa shape index (κ3) is 6.50. The molecule has 0 bridgehead atoms. The number of amides is 1. The van der Waals surface area contributed by atoms with Crippen molar-refractivity contribution in [2.45, 2.75) is 38.7 Å². The Bertz CT molecular complexity index is 700. The van der Waals surface area contributed by atoms with Gasteiger partial charge in [0.2, 0.25) is 5.91 Å². The molecule has 0 atom stereocenters. The smallest absolute Gasteiger partial charge is 0.332 e. The molecule has 144 valence electrons. The fourth-order valence-electron chi connectivity index (χ4n) is 2.91. The molecule has 0 aromatic heterocycles. The molecular weight excluding hydrogens is 348 g/mol. The summed E-state index contributed by atoms with van der Waals surface area (Å²) in [5.74, 6) is -0.543. The van der Waals surface area contributed by atoms with Crippen LogP contribution >= 0.6 is 0 Å². The highest BCUT2D eigenvalue weighted by molar-refractivity contribution is 5.98. The van der Waals surface area contributed by atoms with E-state index in [4.69, 9.17) is 14.7 Å². The van der Waals surface area contributed by atoms with Crippen LogP contribution in [0, 0.1) is 11.3 Å². The van der Waals surface area contributed by atoms with Gasteiger partial charge in [0.1, 0.15) is 6.61 Å². The van der Waals surface area contributed by atoms with Crippen molar-refractivity contribution in [1.82, 2.24) is 4.90 Å². The lowest BCUT2D eigenvalue weighted by atomic mass is 10.0. The number of nitrogens with zero attached hydrogens (tertiary/aromatic N) is 2. The Hall–Kier alpha value is -2.72. The number of ketones is 1. The molecule has 7 nitrogen and oxygen atoms in total. The molecule has 27 heavy (non-hydrogen) atoms. The number of carbonyl (C=O) groups excluding carboxylic acids is 3. The standard InChI is InChI=1S/C20H24N2O5/c1-2-26-20(25)14-27-17-9-11-22(12-10-17)19(24)8-7-18(23)16-5-3-15(13-21)4-6-16/h3-6,17H,2,7-12,14H2,1H3. The zero-order chi connectivity index (χ0) is 19.6. The van der Waals surface area contributed by atoms with Gasteiger partial charge in [0.05, 0.1) is 24.3 Å². The SMILES string of the molecule is CCOC(=O)COC1CCN(C(=O)CCC(=O)c2ccc(C#N)cc2)CC1. The van der Waals surface area contributed by atoms with Gasteiger partial charge in [-0.05, 0) is 31.9 Å². The summed E-state index contributed by atoms with van der Waals surface area (Å²) in [5.41, 5.74) is 1.00. The van der Waals surface area contributed by atoms with E-state index in [1.165, 1.54) is 0 Å². The van der Waals surface area contributed by atoms with Crippen molar-refractivity contribution in [3.63, 3.8) is 0 Å². The molecule has 1 heterocycles. The summed E-state index contributed by atoms with van der Waals surface area (Å²) in [5, 5.41) is 8.77. The average Bonchev–Trinajstić information content (AvgIpc) is 2.71. The largest absolute Gasteiger partial charge is 0.464 e. The number of rotatable bonds is 8. The first-order chi connectivity index (χ1) is 13.0. The first kappa shape index (κ1) is 20.6. The normalized spacial score (nSPS) is 14.4. The van der Waals surface area contributed by atoms with Gasteiger partial charge in [-0.25, -0.2) is 4.79 Å². The predicted octanol–water partition coefficient (Wildman–Crippen LogP) is 2.09. The number of carbonyl (C=O) groups is 3. The second-order valence-electron chi connectivity index (χ2n) is 6.31. The minimum atomic E-state index is -0.377. The Morgan fingerprint density at radius 2 is 1.81 bits per heavy atom. The summed E-state index contributed by atoms with van der Waals surface area (Å²) in [6.07, 6.45) is 1.57. The quantitative estimate of drug-likeness (QED) is 0.512. The van der Waals surface area contributed by atoms with Crippen molar-refractivity contribution in [1.29, 1.82) is 5.26 Å². The highest BCUT2D eigenvalue weighted by Gasteiger charge is 2.24. The number of benzene rings is 1. The Morgan fingerprint density at radius 1 is 1.15 bits per heavy atom. The molecule has 7 heteroatoms. The molecule has 2 rings (SSSR count). The number of ether oxygens (including phenoxy) is 2. The van der Waals surface area contributed by atoms with E-state index in [9.17, 15) is 14.4 Å². The second-order valence-corrected chi connectivity index (χ2v) is 6.31. The number of hydrogen-bond acceptors (Lipinski definition) is 6. The summed E-state index contributed by atoms with van der Waals surface area (Å²) in [7, 11) is 0. The molecule has 0 unspecified atom stereocenters. The average molecular weight is 372 g/mol. The molecule has 0 radical (unpaired) electrons. The number of likely N-dealkylation sites (tertiary alicyclic amines) is 1. The maximum absolute atomic E-state index is 12.3. The Kier molecular flexibility index (Phi) is 7.96. The second kappa shape index (κ2) is 10.4. The molecule has 0 spiro atoms. The lowest BCUT2D eigenvalue weighted by Crippen LogP contribution is -2.41.